The lowest BCUT2D eigenvalue weighted by atomic mass is 10.1. The van der Waals surface area contributed by atoms with E-state index < -0.39 is 0 Å². The molecule has 0 saturated heterocycles. The Bertz CT molecular complexity index is 915. The van der Waals surface area contributed by atoms with Crippen molar-refractivity contribution in [3.8, 4) is 11.3 Å². The number of benzene rings is 2. The van der Waals surface area contributed by atoms with Crippen molar-refractivity contribution in [1.82, 2.24) is 9.97 Å². The van der Waals surface area contributed by atoms with Crippen LogP contribution in [0.4, 0.5) is 17.5 Å². The predicted octanol–water partition coefficient (Wildman–Crippen LogP) is 5.62. The Morgan fingerprint density at radius 1 is 0.964 bits per heavy atom. The van der Waals surface area contributed by atoms with Gasteiger partial charge in [0.25, 0.3) is 0 Å². The number of aromatic nitrogens is 2. The highest BCUT2D eigenvalue weighted by Crippen LogP contribution is 2.33. The summed E-state index contributed by atoms with van der Waals surface area (Å²) < 4.78 is 0. The van der Waals surface area contributed by atoms with Gasteiger partial charge in [0.05, 0.1) is 34.1 Å². The van der Waals surface area contributed by atoms with Gasteiger partial charge in [-0.2, -0.15) is 4.98 Å². The second-order valence-electron chi connectivity index (χ2n) is 6.73. The third-order valence-corrected chi connectivity index (χ3v) is 4.96. The highest BCUT2D eigenvalue weighted by Gasteiger charge is 2.16. The molecule has 0 fully saturated rings. The van der Waals surface area contributed by atoms with E-state index in [9.17, 15) is 5.11 Å². The molecule has 146 valence electrons. The molecular formula is C21H22Cl2N4O. The van der Waals surface area contributed by atoms with Crippen LogP contribution in [0.15, 0.2) is 54.6 Å². The number of aliphatic hydroxyl groups is 1. The molecule has 1 heterocycles. The zero-order valence-corrected chi connectivity index (χ0v) is 17.2. The minimum absolute atomic E-state index is 0.0182. The first-order valence-electron chi connectivity index (χ1n) is 9.01. The summed E-state index contributed by atoms with van der Waals surface area (Å²) in [6, 6.07) is 16.8. The van der Waals surface area contributed by atoms with Gasteiger partial charge in [-0.05, 0) is 18.1 Å². The lowest BCUT2D eigenvalue weighted by Gasteiger charge is -2.21. The fraction of sp³-hybridized carbons (Fsp3) is 0.238. The van der Waals surface area contributed by atoms with Crippen LogP contribution in [0.2, 0.25) is 10.0 Å². The van der Waals surface area contributed by atoms with Gasteiger partial charge in [-0.25, -0.2) is 4.98 Å². The van der Waals surface area contributed by atoms with Crippen molar-refractivity contribution in [2.45, 2.75) is 19.9 Å². The van der Waals surface area contributed by atoms with Crippen molar-refractivity contribution in [3.05, 3.63) is 64.6 Å². The van der Waals surface area contributed by atoms with Crippen LogP contribution in [-0.2, 0) is 0 Å². The molecule has 0 amide bonds. The number of hydrogen-bond donors (Lipinski definition) is 3. The van der Waals surface area contributed by atoms with Crippen molar-refractivity contribution >= 4 is 40.7 Å². The number of nitrogens with one attached hydrogen (secondary N) is 2. The Balaban J connectivity index is 2.02. The van der Waals surface area contributed by atoms with E-state index in [0.717, 1.165) is 11.3 Å². The minimum atomic E-state index is -0.164. The predicted molar refractivity (Wildman–Crippen MR) is 117 cm³/mol. The SMILES string of the molecule is CC(C)[C@H](CO)Nc1nc(Nc2c(Cl)cccc2Cl)cc(-c2ccccc2)n1. The molecule has 0 aliphatic rings. The highest BCUT2D eigenvalue weighted by molar-refractivity contribution is 6.39. The smallest absolute Gasteiger partial charge is 0.225 e. The maximum absolute atomic E-state index is 9.65. The first kappa shape index (κ1) is 20.4. The van der Waals surface area contributed by atoms with Crippen molar-refractivity contribution in [3.63, 3.8) is 0 Å². The van der Waals surface area contributed by atoms with Gasteiger partial charge in [0.15, 0.2) is 0 Å². The monoisotopic (exact) mass is 416 g/mol. The number of para-hydroxylation sites is 1. The third-order valence-electron chi connectivity index (χ3n) is 4.33. The topological polar surface area (TPSA) is 70.1 Å². The molecule has 1 aromatic heterocycles. The molecule has 3 aromatic rings. The first-order chi connectivity index (χ1) is 13.5. The summed E-state index contributed by atoms with van der Waals surface area (Å²) in [5.74, 6) is 1.18. The van der Waals surface area contributed by atoms with Gasteiger partial charge in [-0.1, -0.05) is 73.4 Å². The number of anilines is 3. The van der Waals surface area contributed by atoms with Gasteiger partial charge < -0.3 is 15.7 Å². The maximum atomic E-state index is 9.65. The second kappa shape index (κ2) is 9.24. The molecule has 0 bridgehead atoms. The van der Waals surface area contributed by atoms with Crippen LogP contribution < -0.4 is 10.6 Å². The molecule has 5 nitrogen and oxygen atoms in total. The van der Waals surface area contributed by atoms with Crippen molar-refractivity contribution in [1.29, 1.82) is 0 Å². The molecule has 2 aromatic carbocycles. The third kappa shape index (κ3) is 4.93. The molecule has 28 heavy (non-hydrogen) atoms. The summed E-state index contributed by atoms with van der Waals surface area (Å²) in [5, 5.41) is 17.1. The Morgan fingerprint density at radius 2 is 1.64 bits per heavy atom. The van der Waals surface area contributed by atoms with E-state index in [1.165, 1.54) is 0 Å². The molecule has 7 heteroatoms. The number of halogens is 2. The number of rotatable bonds is 7. The van der Waals surface area contributed by atoms with Crippen molar-refractivity contribution in [2.75, 3.05) is 17.2 Å². The van der Waals surface area contributed by atoms with Gasteiger partial charge in [0.2, 0.25) is 5.95 Å². The standard InChI is InChI=1S/C21H22Cl2N4O/c1-13(2)18(12-28)25-21-24-17(14-7-4-3-5-8-14)11-19(27-21)26-20-15(22)9-6-10-16(20)23/h3-11,13,18,28H,12H2,1-2H3,(H2,24,25,26,27)/t18-/m0/s1. The maximum Gasteiger partial charge on any atom is 0.225 e. The lowest BCUT2D eigenvalue weighted by molar-refractivity contribution is 0.248. The Hall–Kier alpha value is -2.34. The summed E-state index contributed by atoms with van der Waals surface area (Å²) >= 11 is 12.6. The van der Waals surface area contributed by atoms with Gasteiger partial charge in [0.1, 0.15) is 5.82 Å². The molecule has 0 unspecified atom stereocenters. The number of nitrogens with zero attached hydrogens (tertiary/aromatic N) is 2. The normalized spacial score (nSPS) is 12.1. The molecule has 0 aliphatic heterocycles. The van der Waals surface area contributed by atoms with Gasteiger partial charge in [-0.3, -0.25) is 0 Å². The average Bonchev–Trinajstić information content (AvgIpc) is 2.69. The number of aliphatic hydroxyl groups excluding tert-OH is 1. The van der Waals surface area contributed by atoms with E-state index >= 15 is 0 Å². The van der Waals surface area contributed by atoms with Crippen LogP contribution in [0, 0.1) is 5.92 Å². The van der Waals surface area contributed by atoms with E-state index in [4.69, 9.17) is 23.2 Å². The van der Waals surface area contributed by atoms with E-state index in [0.29, 0.717) is 27.5 Å². The lowest BCUT2D eigenvalue weighted by Crippen LogP contribution is -2.30. The van der Waals surface area contributed by atoms with Crippen LogP contribution >= 0.6 is 23.2 Å². The zero-order chi connectivity index (χ0) is 20.1. The van der Waals surface area contributed by atoms with Crippen molar-refractivity contribution in [2.24, 2.45) is 5.92 Å². The van der Waals surface area contributed by atoms with Crippen LogP contribution in [0.1, 0.15) is 13.8 Å². The largest absolute Gasteiger partial charge is 0.394 e. The van der Waals surface area contributed by atoms with E-state index in [-0.39, 0.29) is 18.6 Å². The highest BCUT2D eigenvalue weighted by atomic mass is 35.5. The van der Waals surface area contributed by atoms with E-state index in [1.54, 1.807) is 18.2 Å². The van der Waals surface area contributed by atoms with E-state index in [2.05, 4.69) is 20.6 Å². The van der Waals surface area contributed by atoms with Crippen LogP contribution in [0.5, 0.6) is 0 Å². The summed E-state index contributed by atoms with van der Waals surface area (Å²) in [6.07, 6.45) is 0. The van der Waals surface area contributed by atoms with Crippen LogP contribution in [0.25, 0.3) is 11.3 Å². The van der Waals surface area contributed by atoms with Crippen LogP contribution in [0.3, 0.4) is 0 Å². The first-order valence-corrected chi connectivity index (χ1v) is 9.76. The summed E-state index contributed by atoms with van der Waals surface area (Å²) in [5.41, 5.74) is 2.27. The Labute approximate surface area is 174 Å². The molecule has 0 aliphatic carbocycles. The van der Waals surface area contributed by atoms with Gasteiger partial charge in [0, 0.05) is 11.6 Å². The molecule has 3 rings (SSSR count). The molecule has 1 atom stereocenters. The quantitative estimate of drug-likeness (QED) is 0.465. The molecule has 0 radical (unpaired) electrons. The summed E-state index contributed by atoms with van der Waals surface area (Å²) in [6.45, 7) is 4.03. The molecule has 3 N–H and O–H groups in total. The fourth-order valence-electron chi connectivity index (χ4n) is 2.67. The van der Waals surface area contributed by atoms with E-state index in [1.807, 2.05) is 50.2 Å². The van der Waals surface area contributed by atoms with Crippen molar-refractivity contribution < 1.29 is 5.11 Å². The summed E-state index contributed by atoms with van der Waals surface area (Å²) in [7, 11) is 0. The summed E-state index contributed by atoms with van der Waals surface area (Å²) in [4.78, 5) is 9.17. The molecular weight excluding hydrogens is 395 g/mol. The zero-order valence-electron chi connectivity index (χ0n) is 15.7. The molecule has 0 saturated carbocycles. The van der Waals surface area contributed by atoms with Gasteiger partial charge >= 0.3 is 0 Å². The fourth-order valence-corrected chi connectivity index (χ4v) is 3.16. The van der Waals surface area contributed by atoms with Crippen LogP contribution in [-0.4, -0.2) is 27.7 Å². The average molecular weight is 417 g/mol. The van der Waals surface area contributed by atoms with Gasteiger partial charge in [-0.15, -0.1) is 0 Å². The minimum Gasteiger partial charge on any atom is -0.394 e. The number of hydrogen-bond acceptors (Lipinski definition) is 5. The Morgan fingerprint density at radius 3 is 2.25 bits per heavy atom. The second-order valence-corrected chi connectivity index (χ2v) is 7.54. The Kier molecular flexibility index (Phi) is 6.73. The molecule has 0 spiro atoms.